The van der Waals surface area contributed by atoms with Gasteiger partial charge in [0.2, 0.25) is 10.1 Å². The fourth-order valence-corrected chi connectivity index (χ4v) is 0.871. The predicted octanol–water partition coefficient (Wildman–Crippen LogP) is 0.967. The fourth-order valence-electron chi connectivity index (χ4n) is 0.600. The molecule has 0 heterocycles. The first-order chi connectivity index (χ1) is 4.46. The molecular formula is C6H6Cl2O2. The normalized spacial score (nSPS) is 46.0. The highest BCUT2D eigenvalue weighted by molar-refractivity contribution is 6.35. The van der Waals surface area contributed by atoms with E-state index in [9.17, 15) is 0 Å². The van der Waals surface area contributed by atoms with Crippen molar-refractivity contribution in [3.05, 3.63) is 24.3 Å². The second kappa shape index (κ2) is 2.24. The van der Waals surface area contributed by atoms with Crippen molar-refractivity contribution < 1.29 is 10.2 Å². The van der Waals surface area contributed by atoms with Crippen molar-refractivity contribution in [2.75, 3.05) is 0 Å². The summed E-state index contributed by atoms with van der Waals surface area (Å²) in [5.41, 5.74) is 0. The van der Waals surface area contributed by atoms with Gasteiger partial charge in [0.25, 0.3) is 0 Å². The maximum atomic E-state index is 9.15. The molecule has 2 N–H and O–H groups in total. The van der Waals surface area contributed by atoms with Crippen molar-refractivity contribution >= 4 is 23.2 Å². The van der Waals surface area contributed by atoms with Crippen molar-refractivity contribution in [2.24, 2.45) is 0 Å². The molecule has 0 fully saturated rings. The van der Waals surface area contributed by atoms with Gasteiger partial charge in [-0.15, -0.1) is 0 Å². The second-order valence-corrected chi connectivity index (χ2v) is 3.22. The summed E-state index contributed by atoms with van der Waals surface area (Å²) in [6.07, 6.45) is 5.43. The number of rotatable bonds is 0. The van der Waals surface area contributed by atoms with E-state index < -0.39 is 10.1 Å². The first-order valence-electron chi connectivity index (χ1n) is 2.65. The molecule has 10 heavy (non-hydrogen) atoms. The van der Waals surface area contributed by atoms with Crippen molar-refractivity contribution in [3.63, 3.8) is 0 Å². The first kappa shape index (κ1) is 8.08. The van der Waals surface area contributed by atoms with Crippen LogP contribution >= 0.6 is 23.2 Å². The molecule has 2 atom stereocenters. The summed E-state index contributed by atoms with van der Waals surface area (Å²) in [5, 5.41) is 14.5. The molecule has 0 aromatic heterocycles. The Morgan fingerprint density at radius 2 is 1.20 bits per heavy atom. The SMILES string of the molecule is OC1(Cl)C=CC=CC1(O)Cl. The van der Waals surface area contributed by atoms with Crippen LogP contribution in [0.3, 0.4) is 0 Å². The van der Waals surface area contributed by atoms with E-state index in [4.69, 9.17) is 33.4 Å². The number of aliphatic hydroxyl groups is 2. The van der Waals surface area contributed by atoms with Crippen LogP contribution in [0.5, 0.6) is 0 Å². The third kappa shape index (κ3) is 1.20. The van der Waals surface area contributed by atoms with Gasteiger partial charge in [-0.2, -0.15) is 0 Å². The van der Waals surface area contributed by atoms with Gasteiger partial charge >= 0.3 is 0 Å². The number of halogens is 2. The van der Waals surface area contributed by atoms with Crippen LogP contribution in [0.15, 0.2) is 24.3 Å². The van der Waals surface area contributed by atoms with Crippen LogP contribution in [0.2, 0.25) is 0 Å². The van der Waals surface area contributed by atoms with E-state index in [2.05, 4.69) is 0 Å². The Balaban J connectivity index is 2.96. The standard InChI is InChI=1S/C6H6Cl2O2/c7-5(9)3-1-2-4-6(5,8)10/h1-4,9-10H. The first-order valence-corrected chi connectivity index (χ1v) is 3.41. The van der Waals surface area contributed by atoms with Gasteiger partial charge in [0.1, 0.15) is 0 Å². The van der Waals surface area contributed by atoms with E-state index in [0.717, 1.165) is 0 Å². The third-order valence-electron chi connectivity index (χ3n) is 1.24. The van der Waals surface area contributed by atoms with Crippen molar-refractivity contribution in [1.29, 1.82) is 0 Å². The quantitative estimate of drug-likeness (QED) is 0.546. The molecule has 0 aliphatic heterocycles. The average Bonchev–Trinajstić information content (AvgIpc) is 1.77. The van der Waals surface area contributed by atoms with Crippen LogP contribution in [0.1, 0.15) is 0 Å². The van der Waals surface area contributed by atoms with Crippen molar-refractivity contribution in [1.82, 2.24) is 0 Å². The van der Waals surface area contributed by atoms with Gasteiger partial charge in [0, 0.05) is 0 Å². The Labute approximate surface area is 68.4 Å². The van der Waals surface area contributed by atoms with E-state index in [1.165, 1.54) is 24.3 Å². The molecule has 1 aliphatic rings. The largest absolute Gasteiger partial charge is 0.368 e. The molecule has 2 nitrogen and oxygen atoms in total. The zero-order valence-electron chi connectivity index (χ0n) is 4.96. The Bertz CT molecular complexity index is 172. The molecule has 0 bridgehead atoms. The summed E-state index contributed by atoms with van der Waals surface area (Å²) in [6.45, 7) is 0. The number of alkyl halides is 2. The zero-order chi connectivity index (χ0) is 7.83. The number of hydrogen-bond acceptors (Lipinski definition) is 2. The highest BCUT2D eigenvalue weighted by Gasteiger charge is 2.43. The summed E-state index contributed by atoms with van der Waals surface area (Å²) in [7, 11) is 0. The summed E-state index contributed by atoms with van der Waals surface area (Å²) in [4.78, 5) is 0. The number of allylic oxidation sites excluding steroid dienone is 2. The lowest BCUT2D eigenvalue weighted by Crippen LogP contribution is -2.43. The minimum atomic E-state index is -1.90. The molecule has 0 spiro atoms. The lowest BCUT2D eigenvalue weighted by molar-refractivity contribution is 0.0176. The molecule has 56 valence electrons. The summed E-state index contributed by atoms with van der Waals surface area (Å²) >= 11 is 10.8. The topological polar surface area (TPSA) is 40.5 Å². The van der Waals surface area contributed by atoms with Gasteiger partial charge in [0.15, 0.2) is 0 Å². The maximum absolute atomic E-state index is 9.15. The molecule has 1 rings (SSSR count). The van der Waals surface area contributed by atoms with Gasteiger partial charge in [-0.25, -0.2) is 0 Å². The van der Waals surface area contributed by atoms with Crippen LogP contribution in [0.4, 0.5) is 0 Å². The van der Waals surface area contributed by atoms with Crippen LogP contribution < -0.4 is 0 Å². The van der Waals surface area contributed by atoms with Crippen LogP contribution in [0, 0.1) is 0 Å². The van der Waals surface area contributed by atoms with Gasteiger partial charge in [-0.3, -0.25) is 0 Å². The molecule has 1 aliphatic carbocycles. The lowest BCUT2D eigenvalue weighted by atomic mass is 10.1. The summed E-state index contributed by atoms with van der Waals surface area (Å²) in [5.74, 6) is 0. The molecule has 4 heteroatoms. The van der Waals surface area contributed by atoms with Crippen LogP contribution in [-0.4, -0.2) is 20.3 Å². The monoisotopic (exact) mass is 180 g/mol. The second-order valence-electron chi connectivity index (χ2n) is 2.06. The third-order valence-corrected chi connectivity index (χ3v) is 2.16. The molecule has 0 radical (unpaired) electrons. The van der Waals surface area contributed by atoms with Crippen molar-refractivity contribution in [3.8, 4) is 0 Å². The Hall–Kier alpha value is -0.0200. The minimum Gasteiger partial charge on any atom is -0.368 e. The van der Waals surface area contributed by atoms with E-state index in [-0.39, 0.29) is 0 Å². The maximum Gasteiger partial charge on any atom is 0.205 e. The summed E-state index contributed by atoms with van der Waals surface area (Å²) in [6, 6.07) is 0. The van der Waals surface area contributed by atoms with Crippen molar-refractivity contribution in [2.45, 2.75) is 10.1 Å². The summed E-state index contributed by atoms with van der Waals surface area (Å²) < 4.78 is 0. The van der Waals surface area contributed by atoms with E-state index >= 15 is 0 Å². The van der Waals surface area contributed by atoms with Gasteiger partial charge in [0.05, 0.1) is 0 Å². The van der Waals surface area contributed by atoms with Crippen LogP contribution in [-0.2, 0) is 0 Å². The number of hydrogen-bond donors (Lipinski definition) is 2. The fraction of sp³-hybridized carbons (Fsp3) is 0.333. The molecule has 0 aromatic carbocycles. The zero-order valence-corrected chi connectivity index (χ0v) is 6.47. The molecule has 2 unspecified atom stereocenters. The highest BCUT2D eigenvalue weighted by Crippen LogP contribution is 2.35. The Morgan fingerprint density at radius 1 is 0.900 bits per heavy atom. The van der Waals surface area contributed by atoms with Gasteiger partial charge < -0.3 is 10.2 Å². The molecule has 0 saturated carbocycles. The molecule has 0 amide bonds. The predicted molar refractivity (Wildman–Crippen MR) is 39.9 cm³/mol. The molecule has 0 saturated heterocycles. The van der Waals surface area contributed by atoms with Gasteiger partial charge in [-0.1, -0.05) is 35.4 Å². The van der Waals surface area contributed by atoms with E-state index in [0.29, 0.717) is 0 Å². The minimum absolute atomic E-state index is 1.21. The van der Waals surface area contributed by atoms with E-state index in [1.54, 1.807) is 0 Å². The Kier molecular flexibility index (Phi) is 1.81. The molecular weight excluding hydrogens is 175 g/mol. The van der Waals surface area contributed by atoms with Gasteiger partial charge in [-0.05, 0) is 12.2 Å². The molecule has 0 aromatic rings. The smallest absolute Gasteiger partial charge is 0.205 e. The Morgan fingerprint density at radius 3 is 1.40 bits per heavy atom. The highest BCUT2D eigenvalue weighted by atomic mass is 35.5. The van der Waals surface area contributed by atoms with Crippen LogP contribution in [0.25, 0.3) is 0 Å². The lowest BCUT2D eigenvalue weighted by Gasteiger charge is -2.30. The average molecular weight is 181 g/mol. The van der Waals surface area contributed by atoms with E-state index in [1.807, 2.05) is 0 Å².